The highest BCUT2D eigenvalue weighted by Crippen LogP contribution is 2.29. The maximum absolute atomic E-state index is 12.8. The van der Waals surface area contributed by atoms with Crippen LogP contribution >= 0.6 is 0 Å². The van der Waals surface area contributed by atoms with Crippen molar-refractivity contribution < 1.29 is 13.5 Å². The zero-order valence-corrected chi connectivity index (χ0v) is 12.8. The van der Waals surface area contributed by atoms with Crippen LogP contribution in [0.4, 0.5) is 5.82 Å². The van der Waals surface area contributed by atoms with Gasteiger partial charge in [0.25, 0.3) is 0 Å². The van der Waals surface area contributed by atoms with Crippen LogP contribution in [0, 0.1) is 0 Å². The van der Waals surface area contributed by atoms with E-state index in [4.69, 9.17) is 0 Å². The van der Waals surface area contributed by atoms with Crippen LogP contribution in [0.25, 0.3) is 0 Å². The van der Waals surface area contributed by atoms with E-state index >= 15 is 0 Å². The molecule has 6 nitrogen and oxygen atoms in total. The van der Waals surface area contributed by atoms with Gasteiger partial charge in [0.1, 0.15) is 10.7 Å². The van der Waals surface area contributed by atoms with Gasteiger partial charge in [0.15, 0.2) is 0 Å². The quantitative estimate of drug-likeness (QED) is 0.895. The summed E-state index contributed by atoms with van der Waals surface area (Å²) in [6.45, 7) is 2.25. The maximum Gasteiger partial charge on any atom is 0.246 e. The Labute approximate surface area is 125 Å². The molecule has 0 bridgehead atoms. The molecule has 1 aromatic heterocycles. The van der Waals surface area contributed by atoms with E-state index in [2.05, 4.69) is 4.98 Å². The number of rotatable bonds is 3. The van der Waals surface area contributed by atoms with E-state index in [9.17, 15) is 13.5 Å². The standard InChI is InChI=1S/C14H21N3O3S/c18-12-6-10-16(11-12)14-13(5-4-7-15-14)21(19,20)17-8-2-1-3-9-17/h4-5,7,12,18H,1-3,6,8-11H2/t12-/m0/s1. The number of aromatic nitrogens is 1. The Kier molecular flexibility index (Phi) is 4.14. The lowest BCUT2D eigenvalue weighted by Crippen LogP contribution is -2.37. The summed E-state index contributed by atoms with van der Waals surface area (Å²) in [5.41, 5.74) is 0. The van der Waals surface area contributed by atoms with E-state index in [0.29, 0.717) is 38.4 Å². The molecular formula is C14H21N3O3S. The predicted molar refractivity (Wildman–Crippen MR) is 79.7 cm³/mol. The number of β-amino-alcohol motifs (C(OH)–C–C–N with tert-alkyl or cyclic N) is 1. The fourth-order valence-corrected chi connectivity index (χ4v) is 4.68. The van der Waals surface area contributed by atoms with Gasteiger partial charge in [0, 0.05) is 32.4 Å². The Morgan fingerprint density at radius 2 is 1.95 bits per heavy atom. The number of sulfonamides is 1. The van der Waals surface area contributed by atoms with Gasteiger partial charge in [-0.3, -0.25) is 0 Å². The number of anilines is 1. The smallest absolute Gasteiger partial charge is 0.246 e. The number of aliphatic hydroxyl groups excluding tert-OH is 1. The molecule has 3 rings (SSSR count). The van der Waals surface area contributed by atoms with Crippen LogP contribution in [0.5, 0.6) is 0 Å². The first kappa shape index (κ1) is 14.7. The van der Waals surface area contributed by atoms with Gasteiger partial charge in [-0.25, -0.2) is 13.4 Å². The second-order valence-electron chi connectivity index (χ2n) is 5.68. The van der Waals surface area contributed by atoms with Crippen molar-refractivity contribution in [2.24, 2.45) is 0 Å². The summed E-state index contributed by atoms with van der Waals surface area (Å²) in [6.07, 6.45) is 4.77. The number of hydrogen-bond acceptors (Lipinski definition) is 5. The fraction of sp³-hybridized carbons (Fsp3) is 0.643. The minimum absolute atomic E-state index is 0.265. The van der Waals surface area contributed by atoms with Crippen LogP contribution in [-0.4, -0.2) is 55.1 Å². The van der Waals surface area contributed by atoms with Gasteiger partial charge in [-0.15, -0.1) is 0 Å². The Balaban J connectivity index is 1.94. The van der Waals surface area contributed by atoms with Crippen molar-refractivity contribution in [2.75, 3.05) is 31.1 Å². The summed E-state index contributed by atoms with van der Waals surface area (Å²) in [5.74, 6) is 0.472. The topological polar surface area (TPSA) is 73.7 Å². The molecule has 2 fully saturated rings. The van der Waals surface area contributed by atoms with E-state index in [-0.39, 0.29) is 4.90 Å². The van der Waals surface area contributed by atoms with Gasteiger partial charge in [-0.2, -0.15) is 4.31 Å². The molecule has 1 atom stereocenters. The SMILES string of the molecule is O=S(=O)(c1cccnc1N1CC[C@H](O)C1)N1CCCCC1. The van der Waals surface area contributed by atoms with Crippen LogP contribution < -0.4 is 4.90 Å². The monoisotopic (exact) mass is 311 g/mol. The van der Waals surface area contributed by atoms with Crippen LogP contribution in [0.2, 0.25) is 0 Å². The molecule has 2 aliphatic rings. The van der Waals surface area contributed by atoms with Gasteiger partial charge in [-0.1, -0.05) is 6.42 Å². The van der Waals surface area contributed by atoms with Crippen molar-refractivity contribution in [2.45, 2.75) is 36.7 Å². The molecule has 1 N–H and O–H groups in total. The Morgan fingerprint density at radius 3 is 2.62 bits per heavy atom. The fourth-order valence-electron chi connectivity index (χ4n) is 3.00. The predicted octanol–water partition coefficient (Wildman–Crippen LogP) is 0.827. The molecular weight excluding hydrogens is 290 g/mol. The largest absolute Gasteiger partial charge is 0.391 e. The van der Waals surface area contributed by atoms with E-state index in [0.717, 1.165) is 19.3 Å². The molecule has 1 aromatic rings. The minimum Gasteiger partial charge on any atom is -0.391 e. The highest BCUT2D eigenvalue weighted by atomic mass is 32.2. The lowest BCUT2D eigenvalue weighted by atomic mass is 10.2. The van der Waals surface area contributed by atoms with Crippen molar-refractivity contribution in [1.29, 1.82) is 0 Å². The Bertz CT molecular complexity index is 599. The first-order chi connectivity index (χ1) is 10.1. The zero-order chi connectivity index (χ0) is 14.9. The summed E-state index contributed by atoms with van der Waals surface area (Å²) in [6, 6.07) is 3.28. The first-order valence-corrected chi connectivity index (χ1v) is 8.91. The zero-order valence-electron chi connectivity index (χ0n) is 12.0. The van der Waals surface area contributed by atoms with E-state index < -0.39 is 16.1 Å². The molecule has 0 amide bonds. The highest BCUT2D eigenvalue weighted by molar-refractivity contribution is 7.89. The Hall–Kier alpha value is -1.18. The molecule has 0 unspecified atom stereocenters. The lowest BCUT2D eigenvalue weighted by molar-refractivity contribution is 0.198. The first-order valence-electron chi connectivity index (χ1n) is 7.47. The third-order valence-corrected chi connectivity index (χ3v) is 6.07. The molecule has 0 spiro atoms. The maximum atomic E-state index is 12.8. The third kappa shape index (κ3) is 2.90. The molecule has 0 radical (unpaired) electrons. The number of hydrogen-bond donors (Lipinski definition) is 1. The van der Waals surface area contributed by atoms with Gasteiger partial charge in [0.2, 0.25) is 10.0 Å². The normalized spacial score (nSPS) is 24.4. The van der Waals surface area contributed by atoms with Crippen LogP contribution in [0.1, 0.15) is 25.7 Å². The molecule has 0 aliphatic carbocycles. The van der Waals surface area contributed by atoms with Gasteiger partial charge < -0.3 is 10.0 Å². The van der Waals surface area contributed by atoms with Crippen LogP contribution in [0.15, 0.2) is 23.2 Å². The van der Waals surface area contributed by atoms with Crippen LogP contribution in [0.3, 0.4) is 0 Å². The molecule has 0 saturated carbocycles. The summed E-state index contributed by atoms with van der Waals surface area (Å²) in [5, 5.41) is 9.67. The molecule has 7 heteroatoms. The molecule has 3 heterocycles. The number of piperidine rings is 1. The van der Waals surface area contributed by atoms with Gasteiger partial charge >= 0.3 is 0 Å². The molecule has 2 aliphatic heterocycles. The van der Waals surface area contributed by atoms with Crippen LogP contribution in [-0.2, 0) is 10.0 Å². The van der Waals surface area contributed by atoms with Gasteiger partial charge in [0.05, 0.1) is 6.10 Å². The van der Waals surface area contributed by atoms with Crippen molar-refractivity contribution in [1.82, 2.24) is 9.29 Å². The van der Waals surface area contributed by atoms with Crippen molar-refractivity contribution in [3.63, 3.8) is 0 Å². The summed E-state index contributed by atoms with van der Waals surface area (Å²) in [7, 11) is -3.50. The van der Waals surface area contributed by atoms with Crippen molar-refractivity contribution >= 4 is 15.8 Å². The summed E-state index contributed by atoms with van der Waals surface area (Å²) < 4.78 is 27.2. The van der Waals surface area contributed by atoms with E-state index in [1.807, 2.05) is 4.90 Å². The second-order valence-corrected chi connectivity index (χ2v) is 7.58. The lowest BCUT2D eigenvalue weighted by Gasteiger charge is -2.28. The third-order valence-electron chi connectivity index (χ3n) is 4.15. The van der Waals surface area contributed by atoms with E-state index in [1.54, 1.807) is 22.6 Å². The average Bonchev–Trinajstić information content (AvgIpc) is 2.95. The molecule has 0 aromatic carbocycles. The number of nitrogens with zero attached hydrogens (tertiary/aromatic N) is 3. The Morgan fingerprint density at radius 1 is 1.19 bits per heavy atom. The highest BCUT2D eigenvalue weighted by Gasteiger charge is 2.32. The van der Waals surface area contributed by atoms with E-state index in [1.165, 1.54) is 0 Å². The number of pyridine rings is 1. The van der Waals surface area contributed by atoms with Gasteiger partial charge in [-0.05, 0) is 31.4 Å². The summed E-state index contributed by atoms with van der Waals surface area (Å²) >= 11 is 0. The number of aliphatic hydroxyl groups is 1. The average molecular weight is 311 g/mol. The molecule has 2 saturated heterocycles. The van der Waals surface area contributed by atoms with Crippen molar-refractivity contribution in [3.8, 4) is 0 Å². The molecule has 21 heavy (non-hydrogen) atoms. The second kappa shape index (κ2) is 5.90. The van der Waals surface area contributed by atoms with Crippen molar-refractivity contribution in [3.05, 3.63) is 18.3 Å². The minimum atomic E-state index is -3.50. The molecule has 116 valence electrons. The summed E-state index contributed by atoms with van der Waals surface area (Å²) in [4.78, 5) is 6.39.